The number of amides is 1. The van der Waals surface area contributed by atoms with Crippen LogP contribution in [0.5, 0.6) is 0 Å². The summed E-state index contributed by atoms with van der Waals surface area (Å²) in [6, 6.07) is 11.3. The van der Waals surface area contributed by atoms with Crippen molar-refractivity contribution in [3.8, 4) is 0 Å². The number of carbonyl (C=O) groups is 1. The Morgan fingerprint density at radius 3 is 2.48 bits per heavy atom. The normalized spacial score (nSPS) is 12.5. The van der Waals surface area contributed by atoms with Crippen molar-refractivity contribution in [1.29, 1.82) is 0 Å². The average Bonchev–Trinajstić information content (AvgIpc) is 2.99. The number of nitrogens with one attached hydrogen (secondary N) is 1. The monoisotopic (exact) mass is 360 g/mol. The van der Waals surface area contributed by atoms with Gasteiger partial charge in [0.05, 0.1) is 6.04 Å². The first-order valence-electron chi connectivity index (χ1n) is 7.84. The molecule has 1 unspecified atom stereocenters. The number of rotatable bonds is 5. The summed E-state index contributed by atoms with van der Waals surface area (Å²) in [5.74, 6) is -2.47. The van der Waals surface area contributed by atoms with Gasteiger partial charge in [-0.25, -0.2) is 8.78 Å². The minimum absolute atomic E-state index is 0.102. The maximum Gasteiger partial charge on any atom is 0.257 e. The van der Waals surface area contributed by atoms with Crippen molar-refractivity contribution >= 4 is 27.3 Å². The molecule has 3 rings (SSSR count). The highest BCUT2D eigenvalue weighted by Gasteiger charge is 2.22. The van der Waals surface area contributed by atoms with Crippen molar-refractivity contribution in [2.45, 2.75) is 6.04 Å². The van der Waals surface area contributed by atoms with E-state index in [1.807, 2.05) is 43.3 Å². The molecule has 1 aromatic heterocycles. The number of hydrogen-bond acceptors (Lipinski definition) is 3. The highest BCUT2D eigenvalue weighted by Crippen LogP contribution is 2.32. The number of hydrogen-bond donors (Lipinski definition) is 1. The van der Waals surface area contributed by atoms with Crippen LogP contribution in [0.2, 0.25) is 0 Å². The molecule has 0 fully saturated rings. The second-order valence-corrected chi connectivity index (χ2v) is 6.88. The molecule has 0 saturated carbocycles. The van der Waals surface area contributed by atoms with Gasteiger partial charge in [0.1, 0.15) is 17.2 Å². The van der Waals surface area contributed by atoms with Crippen LogP contribution in [0, 0.1) is 11.6 Å². The molecule has 0 saturated heterocycles. The molecule has 25 heavy (non-hydrogen) atoms. The minimum atomic E-state index is -0.861. The fraction of sp³-hybridized carbons (Fsp3) is 0.211. The highest BCUT2D eigenvalue weighted by molar-refractivity contribution is 7.17. The summed E-state index contributed by atoms with van der Waals surface area (Å²) >= 11 is 1.64. The lowest BCUT2D eigenvalue weighted by atomic mass is 10.0. The lowest BCUT2D eigenvalue weighted by molar-refractivity contribution is 0.0933. The zero-order chi connectivity index (χ0) is 18.0. The molecule has 1 N–H and O–H groups in total. The Morgan fingerprint density at radius 2 is 1.80 bits per heavy atom. The van der Waals surface area contributed by atoms with E-state index in [-0.39, 0.29) is 12.6 Å². The molecule has 0 spiro atoms. The number of halogens is 2. The maximum atomic E-state index is 13.8. The lowest BCUT2D eigenvalue weighted by Gasteiger charge is -2.24. The molecule has 1 heterocycles. The largest absolute Gasteiger partial charge is 0.350 e. The molecule has 0 aliphatic rings. The zero-order valence-corrected chi connectivity index (χ0v) is 14.7. The van der Waals surface area contributed by atoms with Gasteiger partial charge in [-0.15, -0.1) is 11.3 Å². The predicted octanol–water partition coefficient (Wildman–Crippen LogP) is 4.21. The summed E-state index contributed by atoms with van der Waals surface area (Å²) in [6.45, 7) is 0.250. The maximum absolute atomic E-state index is 13.8. The summed E-state index contributed by atoms with van der Waals surface area (Å²) < 4.78 is 28.7. The van der Waals surface area contributed by atoms with Crippen LogP contribution in [-0.2, 0) is 0 Å². The second kappa shape index (κ2) is 7.29. The standard InChI is InChI=1S/C19H18F2N2OS/c1-23(2)16(13-11-25-17-9-4-3-6-12(13)17)10-22-19(24)18-14(20)7-5-8-15(18)21/h3-9,11,16H,10H2,1-2H3,(H,22,24). The van der Waals surface area contributed by atoms with Gasteiger partial charge in [-0.2, -0.15) is 0 Å². The van der Waals surface area contributed by atoms with Crippen molar-refractivity contribution in [1.82, 2.24) is 10.2 Å². The lowest BCUT2D eigenvalue weighted by Crippen LogP contribution is -2.35. The molecule has 0 bridgehead atoms. The molecule has 0 aliphatic carbocycles. The van der Waals surface area contributed by atoms with Gasteiger partial charge in [-0.1, -0.05) is 24.3 Å². The molecule has 2 aromatic carbocycles. The summed E-state index contributed by atoms with van der Waals surface area (Å²) in [5, 5.41) is 5.84. The Hall–Kier alpha value is -2.31. The van der Waals surface area contributed by atoms with Gasteiger partial charge in [0.15, 0.2) is 0 Å². The van der Waals surface area contributed by atoms with Crippen molar-refractivity contribution in [2.75, 3.05) is 20.6 Å². The second-order valence-electron chi connectivity index (χ2n) is 5.97. The molecular weight excluding hydrogens is 342 g/mol. The molecule has 0 aliphatic heterocycles. The van der Waals surface area contributed by atoms with E-state index in [2.05, 4.69) is 10.7 Å². The smallest absolute Gasteiger partial charge is 0.257 e. The van der Waals surface area contributed by atoms with Crippen molar-refractivity contribution in [3.63, 3.8) is 0 Å². The third-order valence-corrected chi connectivity index (χ3v) is 5.12. The molecule has 130 valence electrons. The molecular formula is C19H18F2N2OS. The van der Waals surface area contributed by atoms with E-state index >= 15 is 0 Å². The molecule has 1 amide bonds. The molecule has 6 heteroatoms. The first-order valence-corrected chi connectivity index (χ1v) is 8.71. The van der Waals surface area contributed by atoms with Crippen LogP contribution in [-0.4, -0.2) is 31.4 Å². The minimum Gasteiger partial charge on any atom is -0.350 e. The Morgan fingerprint density at radius 1 is 1.12 bits per heavy atom. The average molecular weight is 360 g/mol. The molecule has 0 radical (unpaired) electrons. The van der Waals surface area contributed by atoms with E-state index in [1.165, 1.54) is 6.07 Å². The van der Waals surface area contributed by atoms with Gasteiger partial charge in [-0.3, -0.25) is 4.79 Å². The van der Waals surface area contributed by atoms with Gasteiger partial charge in [0.2, 0.25) is 0 Å². The van der Waals surface area contributed by atoms with Crippen LogP contribution in [0.3, 0.4) is 0 Å². The van der Waals surface area contributed by atoms with E-state index in [0.29, 0.717) is 0 Å². The van der Waals surface area contributed by atoms with E-state index in [1.54, 1.807) is 11.3 Å². The Bertz CT molecular complexity index is 887. The number of carbonyl (C=O) groups excluding carboxylic acids is 1. The molecule has 3 aromatic rings. The summed E-state index contributed by atoms with van der Waals surface area (Å²) in [7, 11) is 3.82. The van der Waals surface area contributed by atoms with E-state index < -0.39 is 23.1 Å². The Labute approximate surface area is 148 Å². The van der Waals surface area contributed by atoms with Crippen LogP contribution in [0.4, 0.5) is 8.78 Å². The topological polar surface area (TPSA) is 32.3 Å². The summed E-state index contributed by atoms with van der Waals surface area (Å²) in [4.78, 5) is 14.2. The quantitative estimate of drug-likeness (QED) is 0.739. The first-order chi connectivity index (χ1) is 12.0. The number of likely N-dealkylation sites (N-methyl/N-ethyl adjacent to an activating group) is 1. The first kappa shape index (κ1) is 17.5. The third-order valence-electron chi connectivity index (χ3n) is 4.14. The number of nitrogens with zero attached hydrogens (tertiary/aromatic N) is 1. The van der Waals surface area contributed by atoms with Gasteiger partial charge in [-0.05, 0) is 48.6 Å². The number of thiophene rings is 1. The van der Waals surface area contributed by atoms with Crippen LogP contribution >= 0.6 is 11.3 Å². The van der Waals surface area contributed by atoms with Gasteiger partial charge in [0, 0.05) is 11.2 Å². The molecule has 3 nitrogen and oxygen atoms in total. The summed E-state index contributed by atoms with van der Waals surface area (Å²) in [6.07, 6.45) is 0. The summed E-state index contributed by atoms with van der Waals surface area (Å²) in [5.41, 5.74) is 0.537. The van der Waals surface area contributed by atoms with Crippen molar-refractivity contribution < 1.29 is 13.6 Å². The highest BCUT2D eigenvalue weighted by atomic mass is 32.1. The third kappa shape index (κ3) is 3.55. The van der Waals surface area contributed by atoms with Gasteiger partial charge < -0.3 is 10.2 Å². The number of fused-ring (bicyclic) bond motifs is 1. The van der Waals surface area contributed by atoms with Crippen LogP contribution in [0.1, 0.15) is 22.0 Å². The van der Waals surface area contributed by atoms with Crippen molar-refractivity contribution in [3.05, 3.63) is 70.6 Å². The van der Waals surface area contributed by atoms with E-state index in [0.717, 1.165) is 27.8 Å². The van der Waals surface area contributed by atoms with Crippen LogP contribution < -0.4 is 5.32 Å². The molecule has 1 atom stereocenters. The SMILES string of the molecule is CN(C)C(CNC(=O)c1c(F)cccc1F)c1csc2ccccc12. The number of benzene rings is 2. The fourth-order valence-corrected chi connectivity index (χ4v) is 3.83. The Balaban J connectivity index is 1.83. The van der Waals surface area contributed by atoms with Crippen molar-refractivity contribution in [2.24, 2.45) is 0 Å². The van der Waals surface area contributed by atoms with Crippen LogP contribution in [0.25, 0.3) is 10.1 Å². The van der Waals surface area contributed by atoms with E-state index in [9.17, 15) is 13.6 Å². The van der Waals surface area contributed by atoms with Gasteiger partial charge in [0.25, 0.3) is 5.91 Å². The Kier molecular flexibility index (Phi) is 5.11. The fourth-order valence-electron chi connectivity index (χ4n) is 2.82. The zero-order valence-electron chi connectivity index (χ0n) is 13.9. The van der Waals surface area contributed by atoms with Gasteiger partial charge >= 0.3 is 0 Å². The predicted molar refractivity (Wildman–Crippen MR) is 96.9 cm³/mol. The van der Waals surface area contributed by atoms with Crippen LogP contribution in [0.15, 0.2) is 47.8 Å². The van der Waals surface area contributed by atoms with E-state index in [4.69, 9.17) is 0 Å².